The van der Waals surface area contributed by atoms with Gasteiger partial charge in [-0.15, -0.1) is 11.3 Å². The van der Waals surface area contributed by atoms with Gasteiger partial charge in [0.25, 0.3) is 0 Å². The maximum Gasteiger partial charge on any atom is 0.135 e. The van der Waals surface area contributed by atoms with Gasteiger partial charge in [0.15, 0.2) is 0 Å². The third kappa shape index (κ3) is 0.713. The van der Waals surface area contributed by atoms with Crippen LogP contribution in [0.3, 0.4) is 0 Å². The molecule has 58 valence electrons. The van der Waals surface area contributed by atoms with E-state index in [0.717, 1.165) is 16.5 Å². The second-order valence-corrected chi connectivity index (χ2v) is 3.52. The van der Waals surface area contributed by atoms with Gasteiger partial charge in [-0.05, 0) is 12.1 Å². The van der Waals surface area contributed by atoms with Gasteiger partial charge in [-0.1, -0.05) is 0 Å². The monoisotopic (exact) mass is 175 g/mol. The molecule has 12 heavy (non-hydrogen) atoms. The summed E-state index contributed by atoms with van der Waals surface area (Å²) in [6.07, 6.45) is 1.70. The van der Waals surface area contributed by atoms with E-state index in [9.17, 15) is 0 Å². The minimum atomic E-state index is 0.937. The molecule has 0 spiro atoms. The number of hydrogen-bond acceptors (Lipinski definition) is 3. The fourth-order valence-electron chi connectivity index (χ4n) is 1.31. The Morgan fingerprint density at radius 3 is 3.33 bits per heavy atom. The first-order valence-electron chi connectivity index (χ1n) is 3.64. The summed E-state index contributed by atoms with van der Waals surface area (Å²) in [6, 6.07) is 6.03. The minimum Gasteiger partial charge on any atom is -0.464 e. The third-order valence-corrected chi connectivity index (χ3v) is 2.70. The molecule has 0 atom stereocenters. The number of nitrogens with zero attached hydrogens (tertiary/aromatic N) is 1. The maximum atomic E-state index is 5.27. The predicted octanol–water partition coefficient (Wildman–Crippen LogP) is 3.04. The number of fused-ring (bicyclic) bond motifs is 2. The van der Waals surface area contributed by atoms with E-state index >= 15 is 0 Å². The first-order valence-corrected chi connectivity index (χ1v) is 4.52. The van der Waals surface area contributed by atoms with Gasteiger partial charge < -0.3 is 4.42 Å². The van der Waals surface area contributed by atoms with E-state index in [2.05, 4.69) is 4.98 Å². The molecular formula is C9H5NOS. The van der Waals surface area contributed by atoms with Crippen molar-refractivity contribution in [1.82, 2.24) is 4.98 Å². The molecule has 0 unspecified atom stereocenters. The van der Waals surface area contributed by atoms with E-state index < -0.39 is 0 Å². The zero-order chi connectivity index (χ0) is 7.97. The fraction of sp³-hybridized carbons (Fsp3) is 0. The van der Waals surface area contributed by atoms with Crippen molar-refractivity contribution in [3.05, 3.63) is 30.0 Å². The molecule has 0 aliphatic heterocycles. The summed E-state index contributed by atoms with van der Waals surface area (Å²) in [5.74, 6) is 0. The number of aromatic nitrogens is 1. The van der Waals surface area contributed by atoms with Crippen molar-refractivity contribution in [2.24, 2.45) is 0 Å². The Hall–Kier alpha value is -1.35. The van der Waals surface area contributed by atoms with Gasteiger partial charge in [0, 0.05) is 11.5 Å². The summed E-state index contributed by atoms with van der Waals surface area (Å²) in [5.41, 5.74) is 3.84. The van der Waals surface area contributed by atoms with Crippen molar-refractivity contribution >= 4 is 32.5 Å². The van der Waals surface area contributed by atoms with Crippen LogP contribution in [0.5, 0.6) is 0 Å². The maximum absolute atomic E-state index is 5.27. The molecular weight excluding hydrogens is 170 g/mol. The van der Waals surface area contributed by atoms with Gasteiger partial charge >= 0.3 is 0 Å². The van der Waals surface area contributed by atoms with Gasteiger partial charge in [0.1, 0.15) is 5.58 Å². The van der Waals surface area contributed by atoms with E-state index in [4.69, 9.17) is 4.42 Å². The van der Waals surface area contributed by atoms with Crippen LogP contribution in [0.25, 0.3) is 21.2 Å². The summed E-state index contributed by atoms with van der Waals surface area (Å²) in [5, 5.41) is 1.12. The lowest BCUT2D eigenvalue weighted by atomic mass is 10.2. The quantitative estimate of drug-likeness (QED) is 0.525. The van der Waals surface area contributed by atoms with Crippen LogP contribution in [0.4, 0.5) is 0 Å². The smallest absolute Gasteiger partial charge is 0.135 e. The lowest BCUT2D eigenvalue weighted by Gasteiger charge is -1.87. The van der Waals surface area contributed by atoms with Gasteiger partial charge in [-0.3, -0.25) is 0 Å². The molecule has 0 amide bonds. The molecule has 1 aromatic carbocycles. The summed E-state index contributed by atoms with van der Waals surface area (Å²) < 4.78 is 6.45. The van der Waals surface area contributed by atoms with Crippen molar-refractivity contribution < 1.29 is 4.42 Å². The van der Waals surface area contributed by atoms with Crippen LogP contribution < -0.4 is 0 Å². The van der Waals surface area contributed by atoms with Gasteiger partial charge in [0.05, 0.1) is 22.0 Å². The Labute approximate surface area is 72.4 Å². The summed E-state index contributed by atoms with van der Waals surface area (Å²) >= 11 is 1.63. The lowest BCUT2D eigenvalue weighted by molar-refractivity contribution is 0.616. The Kier molecular flexibility index (Phi) is 1.07. The highest BCUT2D eigenvalue weighted by atomic mass is 32.1. The Balaban J connectivity index is 2.62. The molecule has 0 N–H and O–H groups in total. The molecule has 2 aromatic heterocycles. The molecule has 2 nitrogen and oxygen atoms in total. The molecule has 0 aliphatic rings. The van der Waals surface area contributed by atoms with Crippen LogP contribution in [-0.4, -0.2) is 4.98 Å². The topological polar surface area (TPSA) is 26.0 Å². The van der Waals surface area contributed by atoms with Gasteiger partial charge in [0.2, 0.25) is 0 Å². The molecule has 0 bridgehead atoms. The van der Waals surface area contributed by atoms with Crippen LogP contribution in [0.2, 0.25) is 0 Å². The second-order valence-electron chi connectivity index (χ2n) is 2.63. The average molecular weight is 175 g/mol. The number of benzene rings is 1. The normalized spacial score (nSPS) is 11.3. The molecule has 0 aliphatic carbocycles. The lowest BCUT2D eigenvalue weighted by Crippen LogP contribution is -1.66. The molecule has 0 saturated carbocycles. The SMILES string of the molecule is c1cc2cc3ncsc3cc2o1. The summed E-state index contributed by atoms with van der Waals surface area (Å²) in [4.78, 5) is 4.23. The number of furan rings is 1. The standard InChI is InChI=1S/C9H5NOS/c1-2-11-8-4-9-7(3-6(1)8)10-5-12-9/h1-5H. The Morgan fingerprint density at radius 1 is 1.33 bits per heavy atom. The van der Waals surface area contributed by atoms with E-state index in [1.165, 1.54) is 4.70 Å². The van der Waals surface area contributed by atoms with Crippen molar-refractivity contribution in [2.75, 3.05) is 0 Å². The molecule has 2 heterocycles. The number of thiazole rings is 1. The van der Waals surface area contributed by atoms with Crippen molar-refractivity contribution in [1.29, 1.82) is 0 Å². The van der Waals surface area contributed by atoms with Crippen molar-refractivity contribution in [2.45, 2.75) is 0 Å². The molecule has 3 aromatic rings. The summed E-state index contributed by atoms with van der Waals surface area (Å²) in [7, 11) is 0. The number of rotatable bonds is 0. The summed E-state index contributed by atoms with van der Waals surface area (Å²) in [6.45, 7) is 0. The van der Waals surface area contributed by atoms with Crippen LogP contribution in [-0.2, 0) is 0 Å². The van der Waals surface area contributed by atoms with Gasteiger partial charge in [-0.2, -0.15) is 0 Å². The third-order valence-electron chi connectivity index (χ3n) is 1.91. The second kappa shape index (κ2) is 2.08. The van der Waals surface area contributed by atoms with E-state index in [1.807, 2.05) is 23.7 Å². The van der Waals surface area contributed by atoms with Crippen molar-refractivity contribution in [3.63, 3.8) is 0 Å². The molecule has 0 saturated heterocycles. The van der Waals surface area contributed by atoms with E-state index in [-0.39, 0.29) is 0 Å². The molecule has 0 radical (unpaired) electrons. The Morgan fingerprint density at radius 2 is 2.33 bits per heavy atom. The average Bonchev–Trinajstić information content (AvgIpc) is 2.64. The van der Waals surface area contributed by atoms with Gasteiger partial charge in [-0.25, -0.2) is 4.98 Å². The predicted molar refractivity (Wildman–Crippen MR) is 49.4 cm³/mol. The highest BCUT2D eigenvalue weighted by Gasteiger charge is 2.01. The largest absolute Gasteiger partial charge is 0.464 e. The van der Waals surface area contributed by atoms with Crippen LogP contribution >= 0.6 is 11.3 Å². The van der Waals surface area contributed by atoms with Crippen LogP contribution in [0.1, 0.15) is 0 Å². The molecule has 0 fully saturated rings. The van der Waals surface area contributed by atoms with Crippen LogP contribution in [0, 0.1) is 0 Å². The first kappa shape index (κ1) is 6.20. The minimum absolute atomic E-state index is 0.937. The highest BCUT2D eigenvalue weighted by Crippen LogP contribution is 2.25. The van der Waals surface area contributed by atoms with Crippen molar-refractivity contribution in [3.8, 4) is 0 Å². The fourth-order valence-corrected chi connectivity index (χ4v) is 2.00. The number of hydrogen-bond donors (Lipinski definition) is 0. The zero-order valence-corrected chi connectivity index (χ0v) is 6.97. The molecule has 3 rings (SSSR count). The van der Waals surface area contributed by atoms with E-state index in [1.54, 1.807) is 17.6 Å². The first-order chi connectivity index (χ1) is 5.93. The van der Waals surface area contributed by atoms with Crippen LogP contribution in [0.15, 0.2) is 34.4 Å². The highest BCUT2D eigenvalue weighted by molar-refractivity contribution is 7.16. The van der Waals surface area contributed by atoms with E-state index in [0.29, 0.717) is 0 Å². The molecule has 3 heteroatoms. The Bertz CT molecular complexity index is 446. The zero-order valence-electron chi connectivity index (χ0n) is 6.15.